The molecule has 2 heteroatoms. The lowest BCUT2D eigenvalue weighted by atomic mass is 9.91. The number of benzene rings is 1. The molecule has 1 rings (SSSR count). The van der Waals surface area contributed by atoms with Gasteiger partial charge in [-0.2, -0.15) is 0 Å². The van der Waals surface area contributed by atoms with E-state index in [-0.39, 0.29) is 0 Å². The van der Waals surface area contributed by atoms with Crippen LogP contribution < -0.4 is 4.90 Å². The molecular weight excluding hydrogens is 186 g/mol. The highest BCUT2D eigenvalue weighted by atomic mass is 16.3. The van der Waals surface area contributed by atoms with Gasteiger partial charge in [-0.15, -0.1) is 0 Å². The van der Waals surface area contributed by atoms with Crippen molar-refractivity contribution < 1.29 is 5.11 Å². The summed E-state index contributed by atoms with van der Waals surface area (Å²) in [7, 11) is 4.02. The van der Waals surface area contributed by atoms with E-state index in [1.807, 2.05) is 44.1 Å². The highest BCUT2D eigenvalue weighted by molar-refractivity contribution is 5.48. The third kappa shape index (κ3) is 2.96. The third-order valence-electron chi connectivity index (χ3n) is 2.72. The Morgan fingerprint density at radius 2 is 2.00 bits per heavy atom. The first-order chi connectivity index (χ1) is 6.97. The minimum Gasteiger partial charge on any atom is -0.385 e. The van der Waals surface area contributed by atoms with E-state index in [1.54, 1.807) is 0 Å². The Morgan fingerprint density at radius 3 is 2.53 bits per heavy atom. The lowest BCUT2D eigenvalue weighted by molar-refractivity contribution is 0.0470. The number of nitrogens with zero attached hydrogens (tertiary/aromatic N) is 1. The molecule has 15 heavy (non-hydrogen) atoms. The topological polar surface area (TPSA) is 23.5 Å². The molecule has 0 aliphatic rings. The van der Waals surface area contributed by atoms with Crippen LogP contribution in [0.5, 0.6) is 0 Å². The van der Waals surface area contributed by atoms with Gasteiger partial charge in [-0.1, -0.05) is 25.5 Å². The molecule has 0 aliphatic carbocycles. The van der Waals surface area contributed by atoms with Gasteiger partial charge in [0.15, 0.2) is 0 Å². The summed E-state index contributed by atoms with van der Waals surface area (Å²) < 4.78 is 0. The van der Waals surface area contributed by atoms with Crippen LogP contribution in [-0.2, 0) is 5.60 Å². The predicted molar refractivity (Wildman–Crippen MR) is 65.2 cm³/mol. The van der Waals surface area contributed by atoms with Crippen LogP contribution in [0.1, 0.15) is 32.3 Å². The van der Waals surface area contributed by atoms with Crippen LogP contribution >= 0.6 is 0 Å². The van der Waals surface area contributed by atoms with Gasteiger partial charge in [0.1, 0.15) is 0 Å². The van der Waals surface area contributed by atoms with Crippen LogP contribution in [0.4, 0.5) is 5.69 Å². The van der Waals surface area contributed by atoms with Gasteiger partial charge >= 0.3 is 0 Å². The van der Waals surface area contributed by atoms with E-state index in [0.29, 0.717) is 0 Å². The smallest absolute Gasteiger partial charge is 0.0869 e. The molecule has 0 radical (unpaired) electrons. The summed E-state index contributed by atoms with van der Waals surface area (Å²) in [4.78, 5) is 2.05. The summed E-state index contributed by atoms with van der Waals surface area (Å²) in [6, 6.07) is 8.08. The Balaban J connectivity index is 2.99. The second-order valence-corrected chi connectivity index (χ2v) is 4.47. The van der Waals surface area contributed by atoms with Crippen molar-refractivity contribution in [2.75, 3.05) is 19.0 Å². The molecule has 0 saturated carbocycles. The number of anilines is 1. The van der Waals surface area contributed by atoms with E-state index in [0.717, 1.165) is 24.1 Å². The molecule has 0 aromatic heterocycles. The zero-order valence-electron chi connectivity index (χ0n) is 10.1. The third-order valence-corrected chi connectivity index (χ3v) is 2.72. The second-order valence-electron chi connectivity index (χ2n) is 4.47. The summed E-state index contributed by atoms with van der Waals surface area (Å²) in [6.45, 7) is 3.97. The summed E-state index contributed by atoms with van der Waals surface area (Å²) in [6.07, 6.45) is 1.78. The number of hydrogen-bond acceptors (Lipinski definition) is 2. The summed E-state index contributed by atoms with van der Waals surface area (Å²) in [5.74, 6) is 0. The first-order valence-corrected chi connectivity index (χ1v) is 5.47. The standard InChI is InChI=1S/C13H21NO/c1-5-9-13(2,15)11-7-6-8-12(10-11)14(3)4/h6-8,10,15H,5,9H2,1-4H3. The van der Waals surface area contributed by atoms with Crippen molar-refractivity contribution in [1.82, 2.24) is 0 Å². The maximum Gasteiger partial charge on any atom is 0.0869 e. The van der Waals surface area contributed by atoms with Gasteiger partial charge < -0.3 is 10.0 Å². The zero-order chi connectivity index (χ0) is 11.5. The minimum absolute atomic E-state index is 0.708. The van der Waals surface area contributed by atoms with Gasteiger partial charge in [-0.3, -0.25) is 0 Å². The van der Waals surface area contributed by atoms with Gasteiger partial charge in [0.25, 0.3) is 0 Å². The maximum absolute atomic E-state index is 10.3. The molecule has 1 unspecified atom stereocenters. The zero-order valence-corrected chi connectivity index (χ0v) is 10.1. The van der Waals surface area contributed by atoms with E-state index in [1.165, 1.54) is 0 Å². The van der Waals surface area contributed by atoms with Gasteiger partial charge in [0.05, 0.1) is 5.60 Å². The van der Waals surface area contributed by atoms with Crippen molar-refractivity contribution in [3.05, 3.63) is 29.8 Å². The van der Waals surface area contributed by atoms with E-state index < -0.39 is 5.60 Å². The van der Waals surface area contributed by atoms with Crippen LogP contribution in [0.2, 0.25) is 0 Å². The van der Waals surface area contributed by atoms with Crippen LogP contribution in [0.15, 0.2) is 24.3 Å². The Hall–Kier alpha value is -1.02. The normalized spacial score (nSPS) is 14.7. The highest BCUT2D eigenvalue weighted by Crippen LogP contribution is 2.28. The van der Waals surface area contributed by atoms with E-state index in [4.69, 9.17) is 0 Å². The summed E-state index contributed by atoms with van der Waals surface area (Å²) in [5.41, 5.74) is 1.42. The molecular formula is C13H21NO. The molecule has 1 aromatic rings. The lowest BCUT2D eigenvalue weighted by Crippen LogP contribution is -2.21. The van der Waals surface area contributed by atoms with E-state index in [2.05, 4.69) is 13.0 Å². The van der Waals surface area contributed by atoms with Gasteiger partial charge in [0.2, 0.25) is 0 Å². The fraction of sp³-hybridized carbons (Fsp3) is 0.538. The molecule has 1 N–H and O–H groups in total. The number of aliphatic hydroxyl groups is 1. The molecule has 1 atom stereocenters. The fourth-order valence-corrected chi connectivity index (χ4v) is 1.75. The first kappa shape index (κ1) is 12.1. The molecule has 2 nitrogen and oxygen atoms in total. The van der Waals surface area contributed by atoms with Crippen LogP contribution in [-0.4, -0.2) is 19.2 Å². The van der Waals surface area contributed by atoms with Crippen molar-refractivity contribution in [2.45, 2.75) is 32.3 Å². The van der Waals surface area contributed by atoms with E-state index in [9.17, 15) is 5.11 Å². The van der Waals surface area contributed by atoms with Crippen LogP contribution in [0, 0.1) is 0 Å². The Labute approximate surface area is 92.5 Å². The quantitative estimate of drug-likeness (QED) is 0.820. The molecule has 1 aromatic carbocycles. The average molecular weight is 207 g/mol. The average Bonchev–Trinajstić information content (AvgIpc) is 2.18. The van der Waals surface area contributed by atoms with Crippen molar-refractivity contribution in [1.29, 1.82) is 0 Å². The summed E-state index contributed by atoms with van der Waals surface area (Å²) >= 11 is 0. The number of rotatable bonds is 4. The minimum atomic E-state index is -0.708. The molecule has 0 amide bonds. The van der Waals surface area contributed by atoms with E-state index >= 15 is 0 Å². The highest BCUT2D eigenvalue weighted by Gasteiger charge is 2.21. The second kappa shape index (κ2) is 4.67. The fourth-order valence-electron chi connectivity index (χ4n) is 1.75. The molecule has 0 spiro atoms. The predicted octanol–water partition coefficient (Wildman–Crippen LogP) is 2.76. The van der Waals surface area contributed by atoms with Crippen molar-refractivity contribution in [3.63, 3.8) is 0 Å². The monoisotopic (exact) mass is 207 g/mol. The Bertz CT molecular complexity index is 318. The molecule has 0 fully saturated rings. The summed E-state index contributed by atoms with van der Waals surface area (Å²) in [5, 5.41) is 10.3. The maximum atomic E-state index is 10.3. The molecule has 0 bridgehead atoms. The van der Waals surface area contributed by atoms with Crippen molar-refractivity contribution >= 4 is 5.69 Å². The molecule has 0 heterocycles. The van der Waals surface area contributed by atoms with Gasteiger partial charge in [0, 0.05) is 19.8 Å². The molecule has 84 valence electrons. The van der Waals surface area contributed by atoms with Crippen LogP contribution in [0.25, 0.3) is 0 Å². The van der Waals surface area contributed by atoms with Gasteiger partial charge in [-0.05, 0) is 31.0 Å². The van der Waals surface area contributed by atoms with Gasteiger partial charge in [-0.25, -0.2) is 0 Å². The first-order valence-electron chi connectivity index (χ1n) is 5.47. The SMILES string of the molecule is CCCC(C)(O)c1cccc(N(C)C)c1. The lowest BCUT2D eigenvalue weighted by Gasteiger charge is -2.25. The molecule has 0 saturated heterocycles. The Kier molecular flexibility index (Phi) is 3.75. The largest absolute Gasteiger partial charge is 0.385 e. The number of hydrogen-bond donors (Lipinski definition) is 1. The Morgan fingerprint density at radius 1 is 1.33 bits per heavy atom. The van der Waals surface area contributed by atoms with Crippen molar-refractivity contribution in [2.24, 2.45) is 0 Å². The van der Waals surface area contributed by atoms with Crippen molar-refractivity contribution in [3.8, 4) is 0 Å². The molecule has 0 aliphatic heterocycles. The van der Waals surface area contributed by atoms with Crippen LogP contribution in [0.3, 0.4) is 0 Å².